The van der Waals surface area contributed by atoms with Crippen molar-refractivity contribution in [2.45, 2.75) is 69.2 Å². The molecule has 2 aromatic heterocycles. The molecule has 45 heavy (non-hydrogen) atoms. The van der Waals surface area contributed by atoms with E-state index in [1.807, 2.05) is 23.1 Å². The van der Waals surface area contributed by atoms with E-state index in [-0.39, 0.29) is 24.2 Å². The summed E-state index contributed by atoms with van der Waals surface area (Å²) in [6.45, 7) is 0.333. The number of nitrogens with one attached hydrogen (secondary N) is 1. The first kappa shape index (κ1) is 29.8. The Morgan fingerprint density at radius 3 is 2.42 bits per heavy atom. The molecular formula is C34H32Cl2N4O5. The molecule has 9 nitrogen and oxygen atoms in total. The molecule has 232 valence electrons. The van der Waals surface area contributed by atoms with Crippen molar-refractivity contribution in [2.24, 2.45) is 0 Å². The Hall–Kier alpha value is -3.92. The van der Waals surface area contributed by atoms with Crippen LogP contribution in [0.2, 0.25) is 10.0 Å². The summed E-state index contributed by atoms with van der Waals surface area (Å²) in [7, 11) is 1.34. The van der Waals surface area contributed by atoms with Gasteiger partial charge in [0.25, 0.3) is 0 Å². The molecule has 3 fully saturated rings. The lowest BCUT2D eigenvalue weighted by Gasteiger charge is -2.38. The van der Waals surface area contributed by atoms with E-state index < -0.39 is 5.97 Å². The maximum Gasteiger partial charge on any atom is 0.337 e. The quantitative estimate of drug-likeness (QED) is 0.193. The van der Waals surface area contributed by atoms with E-state index in [2.05, 4.69) is 15.5 Å². The molecule has 2 unspecified atom stereocenters. The molecule has 2 aliphatic heterocycles. The highest BCUT2D eigenvalue weighted by Crippen LogP contribution is 2.46. The zero-order chi connectivity index (χ0) is 31.1. The van der Waals surface area contributed by atoms with Crippen LogP contribution >= 0.6 is 23.2 Å². The fourth-order valence-corrected chi connectivity index (χ4v) is 7.24. The highest BCUT2D eigenvalue weighted by molar-refractivity contribution is 6.39. The summed E-state index contributed by atoms with van der Waals surface area (Å²) in [5.74, 6) is 0.705. The Labute approximate surface area is 270 Å². The normalized spacial score (nSPS) is 20.7. The van der Waals surface area contributed by atoms with Crippen LogP contribution in [-0.4, -0.2) is 52.3 Å². The zero-order valence-electron chi connectivity index (χ0n) is 24.7. The molecule has 11 heteroatoms. The Morgan fingerprint density at radius 2 is 1.76 bits per heavy atom. The summed E-state index contributed by atoms with van der Waals surface area (Å²) >= 11 is 13.1. The lowest BCUT2D eigenvalue weighted by atomic mass is 9.99. The second kappa shape index (κ2) is 12.5. The molecule has 7 rings (SSSR count). The number of nitrogens with zero attached hydrogens (tertiary/aromatic N) is 3. The molecule has 1 saturated carbocycles. The van der Waals surface area contributed by atoms with Gasteiger partial charge >= 0.3 is 12.0 Å². The van der Waals surface area contributed by atoms with Gasteiger partial charge in [-0.1, -0.05) is 40.5 Å². The Morgan fingerprint density at radius 1 is 1.00 bits per heavy atom. The molecule has 1 aliphatic carbocycles. The summed E-state index contributed by atoms with van der Waals surface area (Å²) in [6, 6.07) is 14.2. The molecule has 1 N–H and O–H groups in total. The van der Waals surface area contributed by atoms with E-state index >= 15 is 0 Å². The molecule has 2 saturated heterocycles. The second-order valence-electron chi connectivity index (χ2n) is 11.9. The number of urea groups is 1. The number of halogens is 2. The number of anilines is 1. The molecular weight excluding hydrogens is 615 g/mol. The number of hydrogen-bond donors (Lipinski definition) is 1. The molecule has 4 heterocycles. The largest absolute Gasteiger partial charge is 0.465 e. The summed E-state index contributed by atoms with van der Waals surface area (Å²) in [5, 5.41) is 8.46. The van der Waals surface area contributed by atoms with Crippen LogP contribution in [0.5, 0.6) is 0 Å². The number of pyridine rings is 1. The third-order valence-electron chi connectivity index (χ3n) is 8.95. The van der Waals surface area contributed by atoms with Gasteiger partial charge in [0, 0.05) is 52.8 Å². The number of carbonyl (C=O) groups excluding carboxylic acids is 2. The van der Waals surface area contributed by atoms with Crippen molar-refractivity contribution in [1.29, 1.82) is 0 Å². The SMILES string of the molecule is COC(=O)c1cc(NC(=O)N2C3CCC2CC(OCc2c(-c4c(Cl)cccc4Cl)noc2C2CC2)C3)cc(-c2cccnc2)c1. The summed E-state index contributed by atoms with van der Waals surface area (Å²) in [5.41, 5.74) is 4.64. The van der Waals surface area contributed by atoms with Crippen LogP contribution in [0.3, 0.4) is 0 Å². The van der Waals surface area contributed by atoms with Crippen molar-refractivity contribution in [1.82, 2.24) is 15.0 Å². The smallest absolute Gasteiger partial charge is 0.337 e. The average Bonchev–Trinajstić information content (AvgIpc) is 3.75. The first-order valence-corrected chi connectivity index (χ1v) is 15.9. The van der Waals surface area contributed by atoms with Gasteiger partial charge in [-0.15, -0.1) is 0 Å². The number of piperidine rings is 1. The standard InChI is InChI=1S/C34H32Cl2N4O5/c1-43-33(41)22-12-21(20-4-3-11-37-17-20)13-23(14-22)38-34(42)40-24-9-10-25(40)16-26(15-24)44-18-27-31(39-45-32(27)19-7-8-19)30-28(35)5-2-6-29(30)36/h2-6,11-14,17,19,24-26H,7-10,15-16,18H2,1H3,(H,38,42). The predicted molar refractivity (Wildman–Crippen MR) is 170 cm³/mol. The molecule has 3 aliphatic rings. The van der Waals surface area contributed by atoms with Crippen LogP contribution in [0.25, 0.3) is 22.4 Å². The van der Waals surface area contributed by atoms with E-state index in [0.717, 1.165) is 61.0 Å². The summed E-state index contributed by atoms with van der Waals surface area (Å²) < 4.78 is 17.3. The molecule has 2 bridgehead atoms. The number of rotatable bonds is 8. The van der Waals surface area contributed by atoms with Gasteiger partial charge in [0.2, 0.25) is 0 Å². The van der Waals surface area contributed by atoms with Gasteiger partial charge in [0.1, 0.15) is 11.5 Å². The average molecular weight is 648 g/mol. The van der Waals surface area contributed by atoms with Crippen molar-refractivity contribution in [3.63, 3.8) is 0 Å². The summed E-state index contributed by atoms with van der Waals surface area (Å²) in [6.07, 6.45) is 8.74. The Bertz CT molecular complexity index is 1710. The second-order valence-corrected chi connectivity index (χ2v) is 12.7. The van der Waals surface area contributed by atoms with Crippen molar-refractivity contribution >= 4 is 40.9 Å². The number of carbonyl (C=O) groups is 2. The van der Waals surface area contributed by atoms with Crippen molar-refractivity contribution < 1.29 is 23.6 Å². The number of fused-ring (bicyclic) bond motifs is 2. The lowest BCUT2D eigenvalue weighted by molar-refractivity contribution is -0.0158. The van der Waals surface area contributed by atoms with Gasteiger partial charge in [-0.25, -0.2) is 9.59 Å². The molecule has 0 spiro atoms. The van der Waals surface area contributed by atoms with Crippen molar-refractivity contribution in [3.05, 3.63) is 87.9 Å². The number of hydrogen-bond acceptors (Lipinski definition) is 7. The molecule has 0 radical (unpaired) electrons. The van der Waals surface area contributed by atoms with E-state index in [4.69, 9.17) is 37.2 Å². The van der Waals surface area contributed by atoms with E-state index in [0.29, 0.717) is 45.1 Å². The van der Waals surface area contributed by atoms with Crippen molar-refractivity contribution in [3.8, 4) is 22.4 Å². The highest BCUT2D eigenvalue weighted by Gasteiger charge is 2.44. The lowest BCUT2D eigenvalue weighted by Crippen LogP contribution is -2.50. The van der Waals surface area contributed by atoms with Crippen LogP contribution in [-0.2, 0) is 16.1 Å². The van der Waals surface area contributed by atoms with Gasteiger partial charge in [-0.2, -0.15) is 0 Å². The minimum atomic E-state index is -0.480. The number of benzene rings is 2. The number of aromatic nitrogens is 2. The van der Waals surface area contributed by atoms with E-state index in [9.17, 15) is 9.59 Å². The van der Waals surface area contributed by atoms with E-state index in [1.54, 1.807) is 42.7 Å². The minimum absolute atomic E-state index is 0.0251. The number of methoxy groups -OCH3 is 1. The Balaban J connectivity index is 1.06. The number of amides is 2. The molecule has 2 amide bonds. The number of esters is 1. The first-order valence-electron chi connectivity index (χ1n) is 15.2. The maximum atomic E-state index is 13.7. The third-order valence-corrected chi connectivity index (χ3v) is 9.58. The van der Waals surface area contributed by atoms with Gasteiger partial charge in [-0.3, -0.25) is 4.98 Å². The molecule has 2 atom stereocenters. The number of ether oxygens (including phenoxy) is 2. The van der Waals surface area contributed by atoms with E-state index in [1.165, 1.54) is 7.11 Å². The minimum Gasteiger partial charge on any atom is -0.465 e. The van der Waals surface area contributed by atoms with Gasteiger partial charge in [-0.05, 0) is 80.5 Å². The third kappa shape index (κ3) is 6.04. The molecule has 2 aromatic carbocycles. The molecule has 4 aromatic rings. The van der Waals surface area contributed by atoms with Crippen LogP contribution in [0.15, 0.2) is 65.4 Å². The maximum absolute atomic E-state index is 13.7. The monoisotopic (exact) mass is 646 g/mol. The first-order chi connectivity index (χ1) is 21.9. The predicted octanol–water partition coefficient (Wildman–Crippen LogP) is 8.12. The Kier molecular flexibility index (Phi) is 8.25. The highest BCUT2D eigenvalue weighted by atomic mass is 35.5. The van der Waals surface area contributed by atoms with Crippen molar-refractivity contribution in [2.75, 3.05) is 12.4 Å². The van der Waals surface area contributed by atoms with Crippen LogP contribution in [0.4, 0.5) is 10.5 Å². The topological polar surface area (TPSA) is 107 Å². The fraction of sp³-hybridized carbons (Fsp3) is 0.353. The van der Waals surface area contributed by atoms with Gasteiger partial charge < -0.3 is 24.2 Å². The van der Waals surface area contributed by atoms with Gasteiger partial charge in [0.15, 0.2) is 0 Å². The fourth-order valence-electron chi connectivity index (χ4n) is 6.67. The van der Waals surface area contributed by atoms with Crippen LogP contribution < -0.4 is 5.32 Å². The van der Waals surface area contributed by atoms with Crippen LogP contribution in [0.1, 0.15) is 66.1 Å². The zero-order valence-corrected chi connectivity index (χ0v) is 26.2. The van der Waals surface area contributed by atoms with Gasteiger partial charge in [0.05, 0.1) is 35.4 Å². The van der Waals surface area contributed by atoms with Crippen LogP contribution in [0, 0.1) is 0 Å². The summed E-state index contributed by atoms with van der Waals surface area (Å²) in [4.78, 5) is 32.2.